The number of aryl methyl sites for hydroxylation is 1. The second kappa shape index (κ2) is 9.05. The van der Waals surface area contributed by atoms with Crippen LogP contribution >= 0.6 is 7.29 Å². The highest BCUT2D eigenvalue weighted by Gasteiger charge is 2.43. The molecule has 0 spiro atoms. The maximum atomic E-state index is 14.6. The zero-order chi connectivity index (χ0) is 21.7. The van der Waals surface area contributed by atoms with Crippen molar-refractivity contribution in [3.05, 3.63) is 109 Å². The van der Waals surface area contributed by atoms with E-state index in [1.54, 1.807) is 6.08 Å². The van der Waals surface area contributed by atoms with Crippen LogP contribution in [0.5, 0.6) is 0 Å². The molecule has 31 heavy (non-hydrogen) atoms. The van der Waals surface area contributed by atoms with Crippen molar-refractivity contribution in [1.29, 1.82) is 0 Å². The van der Waals surface area contributed by atoms with Crippen molar-refractivity contribution >= 4 is 23.9 Å². The molecule has 0 fully saturated rings. The van der Waals surface area contributed by atoms with E-state index >= 15 is 0 Å². The first kappa shape index (κ1) is 21.3. The van der Waals surface area contributed by atoms with E-state index in [1.165, 1.54) is 11.6 Å². The van der Waals surface area contributed by atoms with Crippen molar-refractivity contribution in [3.8, 4) is 0 Å². The zero-order valence-electron chi connectivity index (χ0n) is 17.5. The first-order valence-electron chi connectivity index (χ1n) is 10.4. The monoisotopic (exact) mass is 431 g/mol. The molecule has 3 aromatic carbocycles. The van der Waals surface area contributed by atoms with Crippen LogP contribution in [0.4, 0.5) is 0 Å². The maximum Gasteiger partial charge on any atom is 0.331 e. The third kappa shape index (κ3) is 4.71. The summed E-state index contributed by atoms with van der Waals surface area (Å²) in [6.07, 6.45) is 4.10. The average Bonchev–Trinajstić information content (AvgIpc) is 3.27. The summed E-state index contributed by atoms with van der Waals surface area (Å²) in [6.45, 7) is 1.99. The van der Waals surface area contributed by atoms with Gasteiger partial charge in [-0.3, -0.25) is 9.65 Å². The molecule has 0 amide bonds. The Labute approximate surface area is 183 Å². The van der Waals surface area contributed by atoms with Crippen molar-refractivity contribution in [1.82, 2.24) is 5.09 Å². The summed E-state index contributed by atoms with van der Waals surface area (Å²) < 4.78 is 20.2. The average molecular weight is 431 g/mol. The lowest BCUT2D eigenvalue weighted by Gasteiger charge is -2.38. The SMILES string of the molecule is C[C@@](CCc1ccccc1)(NP(=O)(c1ccccc1)c1ccccc1)[C@H]1C=CC(=O)O1. The standard InChI is InChI=1S/C26H26NO3P/c1-26(24-17-18-25(28)30-24,20-19-21-11-5-2-6-12-21)27-31(29,22-13-7-3-8-14-22)23-15-9-4-10-16-23/h2-18,24H,19-20H2,1H3,(H,27,29)/t24-,26+/m1/s1. The smallest absolute Gasteiger partial charge is 0.331 e. The summed E-state index contributed by atoms with van der Waals surface area (Å²) in [5.41, 5.74) is 0.442. The van der Waals surface area contributed by atoms with Gasteiger partial charge >= 0.3 is 5.97 Å². The topological polar surface area (TPSA) is 55.4 Å². The quantitative estimate of drug-likeness (QED) is 0.425. The Morgan fingerprint density at radius 2 is 1.39 bits per heavy atom. The van der Waals surface area contributed by atoms with Crippen molar-refractivity contribution in [2.45, 2.75) is 31.4 Å². The predicted molar refractivity (Wildman–Crippen MR) is 125 cm³/mol. The van der Waals surface area contributed by atoms with Crippen molar-refractivity contribution < 1.29 is 14.1 Å². The Morgan fingerprint density at radius 1 is 0.871 bits per heavy atom. The number of rotatable bonds is 8. The summed E-state index contributed by atoms with van der Waals surface area (Å²) in [5.74, 6) is -0.369. The van der Waals surface area contributed by atoms with Gasteiger partial charge in [0.2, 0.25) is 7.29 Å². The third-order valence-electron chi connectivity index (χ3n) is 5.71. The van der Waals surface area contributed by atoms with Gasteiger partial charge in [-0.15, -0.1) is 0 Å². The minimum absolute atomic E-state index is 0.369. The molecular formula is C26H26NO3P. The fourth-order valence-corrected chi connectivity index (χ4v) is 6.63. The number of nitrogens with one attached hydrogen (secondary N) is 1. The summed E-state index contributed by atoms with van der Waals surface area (Å²) in [5, 5.41) is 4.94. The number of carbonyl (C=O) groups excluding carboxylic acids is 1. The fourth-order valence-electron chi connectivity index (χ4n) is 3.94. The van der Waals surface area contributed by atoms with Crippen LogP contribution < -0.4 is 15.7 Å². The molecule has 2 atom stereocenters. The summed E-state index contributed by atoms with van der Waals surface area (Å²) in [6, 6.07) is 29.1. The molecule has 1 N–H and O–H groups in total. The fraction of sp³-hybridized carbons (Fsp3) is 0.192. The van der Waals surface area contributed by atoms with Crippen LogP contribution in [0.2, 0.25) is 0 Å². The number of hydrogen-bond donors (Lipinski definition) is 1. The molecule has 1 aliphatic heterocycles. The number of ether oxygens (including phenoxy) is 1. The van der Waals surface area contributed by atoms with E-state index in [4.69, 9.17) is 4.74 Å². The lowest BCUT2D eigenvalue weighted by atomic mass is 9.89. The van der Waals surface area contributed by atoms with Gasteiger partial charge in [0.15, 0.2) is 0 Å². The van der Waals surface area contributed by atoms with Crippen LogP contribution in [0, 0.1) is 0 Å². The van der Waals surface area contributed by atoms with Crippen LogP contribution in [0.3, 0.4) is 0 Å². The predicted octanol–water partition coefficient (Wildman–Crippen LogP) is 4.38. The Kier molecular flexibility index (Phi) is 6.22. The van der Waals surface area contributed by atoms with E-state index in [9.17, 15) is 9.36 Å². The van der Waals surface area contributed by atoms with Gasteiger partial charge in [-0.2, -0.15) is 0 Å². The minimum Gasteiger partial charge on any atom is -0.453 e. The summed E-state index contributed by atoms with van der Waals surface area (Å²) >= 11 is 0. The first-order valence-corrected chi connectivity index (χ1v) is 12.1. The van der Waals surface area contributed by atoms with Gasteiger partial charge in [0, 0.05) is 16.7 Å². The van der Waals surface area contributed by atoms with E-state index in [2.05, 4.69) is 17.2 Å². The van der Waals surface area contributed by atoms with Crippen molar-refractivity contribution in [3.63, 3.8) is 0 Å². The van der Waals surface area contributed by atoms with Crippen molar-refractivity contribution in [2.75, 3.05) is 0 Å². The second-order valence-corrected chi connectivity index (χ2v) is 10.5. The molecule has 0 aromatic heterocycles. The Balaban J connectivity index is 1.73. The van der Waals surface area contributed by atoms with E-state index in [0.717, 1.165) is 17.0 Å². The Morgan fingerprint density at radius 3 is 1.87 bits per heavy atom. The van der Waals surface area contributed by atoms with Gasteiger partial charge in [0.25, 0.3) is 0 Å². The largest absolute Gasteiger partial charge is 0.453 e. The number of carbonyl (C=O) groups is 1. The molecule has 0 radical (unpaired) electrons. The normalized spacial score (nSPS) is 17.8. The van der Waals surface area contributed by atoms with Crippen LogP contribution in [0.1, 0.15) is 18.9 Å². The van der Waals surface area contributed by atoms with Crippen LogP contribution in [0.15, 0.2) is 103 Å². The lowest BCUT2D eigenvalue weighted by molar-refractivity contribution is -0.141. The van der Waals surface area contributed by atoms with Crippen LogP contribution in [-0.2, 0) is 20.5 Å². The van der Waals surface area contributed by atoms with Gasteiger partial charge in [-0.25, -0.2) is 4.79 Å². The van der Waals surface area contributed by atoms with Crippen molar-refractivity contribution in [2.24, 2.45) is 0 Å². The highest BCUT2D eigenvalue weighted by molar-refractivity contribution is 7.77. The van der Waals surface area contributed by atoms with Gasteiger partial charge in [-0.1, -0.05) is 66.7 Å². The van der Waals surface area contributed by atoms with Gasteiger partial charge in [-0.05, 0) is 55.7 Å². The molecule has 0 unspecified atom stereocenters. The molecule has 158 valence electrons. The Hall–Kier alpha value is -2.94. The number of esters is 1. The first-order chi connectivity index (χ1) is 15.0. The van der Waals surface area contributed by atoms with E-state index < -0.39 is 18.9 Å². The molecule has 3 aromatic rings. The van der Waals surface area contributed by atoms with E-state index in [1.807, 2.05) is 85.8 Å². The van der Waals surface area contributed by atoms with E-state index in [-0.39, 0.29) is 5.97 Å². The maximum absolute atomic E-state index is 14.6. The molecule has 1 aliphatic rings. The van der Waals surface area contributed by atoms with Gasteiger partial charge < -0.3 is 4.74 Å². The summed E-state index contributed by atoms with van der Waals surface area (Å²) in [7, 11) is -3.21. The van der Waals surface area contributed by atoms with E-state index in [0.29, 0.717) is 6.42 Å². The number of hydrogen-bond acceptors (Lipinski definition) is 3. The molecular weight excluding hydrogens is 405 g/mol. The molecule has 0 bridgehead atoms. The zero-order valence-corrected chi connectivity index (χ0v) is 18.4. The highest BCUT2D eigenvalue weighted by Crippen LogP contribution is 2.44. The molecule has 4 rings (SSSR count). The molecule has 0 saturated carbocycles. The molecule has 1 heterocycles. The van der Waals surface area contributed by atoms with Crippen LogP contribution in [0.25, 0.3) is 0 Å². The number of cyclic esters (lactones) is 1. The Bertz CT molecular complexity index is 1060. The number of benzene rings is 3. The molecule has 5 heteroatoms. The van der Waals surface area contributed by atoms with Crippen LogP contribution in [-0.4, -0.2) is 17.6 Å². The van der Waals surface area contributed by atoms with Gasteiger partial charge in [0.05, 0.1) is 5.54 Å². The molecule has 4 nitrogen and oxygen atoms in total. The highest BCUT2D eigenvalue weighted by atomic mass is 31.2. The molecule has 0 saturated heterocycles. The molecule has 0 aliphatic carbocycles. The third-order valence-corrected chi connectivity index (χ3v) is 8.58. The minimum atomic E-state index is -3.21. The second-order valence-electron chi connectivity index (χ2n) is 8.01. The summed E-state index contributed by atoms with van der Waals surface area (Å²) in [4.78, 5) is 11.9. The lowest BCUT2D eigenvalue weighted by Crippen LogP contribution is -2.53. The van der Waals surface area contributed by atoms with Gasteiger partial charge in [0.1, 0.15) is 6.10 Å².